The van der Waals surface area contributed by atoms with Crippen LogP contribution in [0.3, 0.4) is 0 Å². The highest BCUT2D eigenvalue weighted by Crippen LogP contribution is 2.53. The number of rotatable bonds is 2. The van der Waals surface area contributed by atoms with E-state index in [0.29, 0.717) is 17.8 Å². The highest BCUT2D eigenvalue weighted by atomic mass is 16.4. The summed E-state index contributed by atoms with van der Waals surface area (Å²) in [5.74, 6) is -0.222. The van der Waals surface area contributed by atoms with Crippen LogP contribution in [0.5, 0.6) is 0 Å². The summed E-state index contributed by atoms with van der Waals surface area (Å²) in [5.41, 5.74) is 0.318. The quantitative estimate of drug-likeness (QED) is 0.612. The molecular formula is C7H12O2. The van der Waals surface area contributed by atoms with Crippen LogP contribution in [0.25, 0.3) is 0 Å². The molecule has 1 N–H and O–H groups in total. The Hall–Kier alpha value is -0.530. The summed E-state index contributed by atoms with van der Waals surface area (Å²) in [6, 6.07) is 0. The number of carboxylic acids is 1. The van der Waals surface area contributed by atoms with Crippen molar-refractivity contribution in [2.45, 2.75) is 26.7 Å². The minimum atomic E-state index is -0.662. The van der Waals surface area contributed by atoms with Gasteiger partial charge in [0.15, 0.2) is 0 Å². The fourth-order valence-electron chi connectivity index (χ4n) is 1.14. The van der Waals surface area contributed by atoms with Crippen molar-refractivity contribution in [1.29, 1.82) is 0 Å². The fraction of sp³-hybridized carbons (Fsp3) is 0.857. The van der Waals surface area contributed by atoms with Gasteiger partial charge in [0.25, 0.3) is 0 Å². The summed E-state index contributed by atoms with van der Waals surface area (Å²) in [6.07, 6.45) is 1.44. The topological polar surface area (TPSA) is 37.3 Å². The lowest BCUT2D eigenvalue weighted by molar-refractivity contribution is -0.137. The Labute approximate surface area is 54.9 Å². The zero-order valence-electron chi connectivity index (χ0n) is 5.85. The smallest absolute Gasteiger partial charge is 0.303 e. The van der Waals surface area contributed by atoms with Gasteiger partial charge in [-0.15, -0.1) is 0 Å². The minimum Gasteiger partial charge on any atom is -0.481 e. The van der Waals surface area contributed by atoms with Crippen LogP contribution in [-0.4, -0.2) is 11.1 Å². The third-order valence-electron chi connectivity index (χ3n) is 2.14. The van der Waals surface area contributed by atoms with E-state index in [2.05, 4.69) is 13.8 Å². The van der Waals surface area contributed by atoms with Gasteiger partial charge in [-0.25, -0.2) is 0 Å². The van der Waals surface area contributed by atoms with Gasteiger partial charge in [0.1, 0.15) is 0 Å². The Morgan fingerprint density at radius 1 is 1.78 bits per heavy atom. The highest BCUT2D eigenvalue weighted by Gasteiger charge is 2.46. The molecule has 0 saturated heterocycles. The van der Waals surface area contributed by atoms with Crippen molar-refractivity contribution < 1.29 is 9.90 Å². The van der Waals surface area contributed by atoms with Gasteiger partial charge in [-0.1, -0.05) is 13.8 Å². The molecule has 2 heteroatoms. The van der Waals surface area contributed by atoms with Crippen molar-refractivity contribution in [1.82, 2.24) is 0 Å². The largest absolute Gasteiger partial charge is 0.481 e. The zero-order valence-corrected chi connectivity index (χ0v) is 5.85. The molecule has 0 spiro atoms. The van der Waals surface area contributed by atoms with E-state index in [1.807, 2.05) is 0 Å². The van der Waals surface area contributed by atoms with E-state index in [9.17, 15) is 4.79 Å². The third-order valence-corrected chi connectivity index (χ3v) is 2.14. The molecule has 1 saturated carbocycles. The van der Waals surface area contributed by atoms with Gasteiger partial charge in [0.2, 0.25) is 0 Å². The molecule has 0 radical (unpaired) electrons. The second kappa shape index (κ2) is 1.72. The van der Waals surface area contributed by atoms with Crippen molar-refractivity contribution in [3.63, 3.8) is 0 Å². The monoisotopic (exact) mass is 128 g/mol. The van der Waals surface area contributed by atoms with E-state index >= 15 is 0 Å². The van der Waals surface area contributed by atoms with Crippen LogP contribution in [-0.2, 0) is 4.79 Å². The lowest BCUT2D eigenvalue weighted by Crippen LogP contribution is -1.99. The Morgan fingerprint density at radius 3 is 2.33 bits per heavy atom. The molecule has 52 valence electrons. The van der Waals surface area contributed by atoms with Crippen LogP contribution >= 0.6 is 0 Å². The Morgan fingerprint density at radius 2 is 2.22 bits per heavy atom. The fourth-order valence-corrected chi connectivity index (χ4v) is 1.14. The van der Waals surface area contributed by atoms with Gasteiger partial charge >= 0.3 is 5.97 Å². The molecule has 0 aromatic carbocycles. The molecule has 0 bridgehead atoms. The number of carbonyl (C=O) groups is 1. The van der Waals surface area contributed by atoms with E-state index in [0.717, 1.165) is 6.42 Å². The van der Waals surface area contributed by atoms with Gasteiger partial charge in [-0.2, -0.15) is 0 Å². The van der Waals surface area contributed by atoms with Crippen LogP contribution in [0.2, 0.25) is 0 Å². The SMILES string of the molecule is CC1(C)C[C@@H]1CC(=O)O. The second-order valence-corrected chi connectivity index (χ2v) is 3.49. The standard InChI is InChI=1S/C7H12O2/c1-7(2)4-5(7)3-6(8)9/h5H,3-4H2,1-2H3,(H,8,9)/t5-/m0/s1. The van der Waals surface area contributed by atoms with Gasteiger partial charge in [0, 0.05) is 6.42 Å². The summed E-state index contributed by atoms with van der Waals surface area (Å²) in [7, 11) is 0. The first-order valence-electron chi connectivity index (χ1n) is 3.24. The summed E-state index contributed by atoms with van der Waals surface area (Å²) in [6.45, 7) is 4.22. The van der Waals surface area contributed by atoms with Crippen LogP contribution in [0.15, 0.2) is 0 Å². The van der Waals surface area contributed by atoms with E-state index in [4.69, 9.17) is 5.11 Å². The number of hydrogen-bond donors (Lipinski definition) is 1. The molecular weight excluding hydrogens is 116 g/mol. The number of aliphatic carboxylic acids is 1. The van der Waals surface area contributed by atoms with E-state index in [1.54, 1.807) is 0 Å². The van der Waals surface area contributed by atoms with Crippen molar-refractivity contribution in [2.75, 3.05) is 0 Å². The van der Waals surface area contributed by atoms with Crippen molar-refractivity contribution >= 4 is 5.97 Å². The van der Waals surface area contributed by atoms with E-state index in [1.165, 1.54) is 0 Å². The zero-order chi connectivity index (χ0) is 7.07. The van der Waals surface area contributed by atoms with Crippen molar-refractivity contribution in [3.8, 4) is 0 Å². The normalized spacial score (nSPS) is 29.8. The second-order valence-electron chi connectivity index (χ2n) is 3.49. The van der Waals surface area contributed by atoms with Crippen LogP contribution < -0.4 is 0 Å². The summed E-state index contributed by atoms with van der Waals surface area (Å²) in [4.78, 5) is 10.1. The van der Waals surface area contributed by atoms with Crippen molar-refractivity contribution in [3.05, 3.63) is 0 Å². The lowest BCUT2D eigenvalue weighted by Gasteiger charge is -1.97. The Balaban J connectivity index is 2.28. The summed E-state index contributed by atoms with van der Waals surface area (Å²) in [5, 5.41) is 8.36. The molecule has 0 amide bonds. The van der Waals surface area contributed by atoms with Crippen molar-refractivity contribution in [2.24, 2.45) is 11.3 Å². The van der Waals surface area contributed by atoms with Gasteiger partial charge in [0.05, 0.1) is 0 Å². The molecule has 2 nitrogen and oxygen atoms in total. The van der Waals surface area contributed by atoms with Crippen LogP contribution in [0.4, 0.5) is 0 Å². The number of hydrogen-bond acceptors (Lipinski definition) is 1. The maximum Gasteiger partial charge on any atom is 0.303 e. The summed E-state index contributed by atoms with van der Waals surface area (Å²) < 4.78 is 0. The average molecular weight is 128 g/mol. The predicted molar refractivity (Wildman–Crippen MR) is 34.1 cm³/mol. The Kier molecular flexibility index (Phi) is 1.26. The molecule has 0 aromatic rings. The van der Waals surface area contributed by atoms with E-state index < -0.39 is 5.97 Å². The van der Waals surface area contributed by atoms with E-state index in [-0.39, 0.29) is 0 Å². The minimum absolute atomic E-state index is 0.318. The van der Waals surface area contributed by atoms with Crippen LogP contribution in [0, 0.1) is 11.3 Å². The van der Waals surface area contributed by atoms with Gasteiger partial charge in [-0.05, 0) is 17.8 Å². The molecule has 9 heavy (non-hydrogen) atoms. The van der Waals surface area contributed by atoms with Crippen LogP contribution in [0.1, 0.15) is 26.7 Å². The molecule has 0 unspecified atom stereocenters. The first-order valence-corrected chi connectivity index (χ1v) is 3.24. The number of carboxylic acid groups (broad SMARTS) is 1. The predicted octanol–water partition coefficient (Wildman–Crippen LogP) is 1.51. The molecule has 0 aliphatic heterocycles. The van der Waals surface area contributed by atoms with Gasteiger partial charge < -0.3 is 5.11 Å². The average Bonchev–Trinajstić information content (AvgIpc) is 2.10. The molecule has 1 aliphatic carbocycles. The first kappa shape index (κ1) is 6.59. The molecule has 1 aliphatic rings. The molecule has 0 aromatic heterocycles. The maximum absolute atomic E-state index is 10.1. The Bertz CT molecular complexity index is 138. The first-order chi connectivity index (χ1) is 4.02. The third kappa shape index (κ3) is 1.44. The molecule has 1 fully saturated rings. The molecule has 1 atom stereocenters. The molecule has 1 rings (SSSR count). The van der Waals surface area contributed by atoms with Gasteiger partial charge in [-0.3, -0.25) is 4.79 Å². The lowest BCUT2D eigenvalue weighted by atomic mass is 10.1. The molecule has 0 heterocycles. The summed E-state index contributed by atoms with van der Waals surface area (Å²) >= 11 is 0. The maximum atomic E-state index is 10.1. The highest BCUT2D eigenvalue weighted by molar-refractivity contribution is 5.67.